The first-order valence-electron chi connectivity index (χ1n) is 8.49. The van der Waals surface area contributed by atoms with Gasteiger partial charge < -0.3 is 0 Å². The van der Waals surface area contributed by atoms with Crippen LogP contribution in [0.1, 0.15) is 59.1 Å². The monoisotopic (exact) mass is 330 g/mol. The minimum atomic E-state index is -0.235. The van der Waals surface area contributed by atoms with Gasteiger partial charge in [-0.05, 0) is 36.3 Å². The summed E-state index contributed by atoms with van der Waals surface area (Å²) >= 11 is 6.06. The highest BCUT2D eigenvalue weighted by atomic mass is 35.5. The minimum absolute atomic E-state index is 0.235. The Labute approximate surface area is 147 Å². The molecule has 2 rings (SSSR count). The zero-order valence-electron chi connectivity index (χ0n) is 15.4. The van der Waals surface area contributed by atoms with Crippen LogP contribution in [0.5, 0.6) is 0 Å². The normalized spacial score (nSPS) is 13.0. The molecule has 23 heavy (non-hydrogen) atoms. The third kappa shape index (κ3) is 6.03. The summed E-state index contributed by atoms with van der Waals surface area (Å²) in [5.41, 5.74) is 2.91. The van der Waals surface area contributed by atoms with E-state index < -0.39 is 0 Å². The van der Waals surface area contributed by atoms with Crippen LogP contribution < -0.4 is 0 Å². The van der Waals surface area contributed by atoms with Gasteiger partial charge in [0.15, 0.2) is 0 Å². The Bertz CT molecular complexity index is 550. The number of benzene rings is 2. The van der Waals surface area contributed by atoms with E-state index in [1.807, 2.05) is 44.2 Å². The van der Waals surface area contributed by atoms with E-state index in [1.54, 1.807) is 0 Å². The lowest BCUT2D eigenvalue weighted by Crippen LogP contribution is -2.25. The Hall–Kier alpha value is -1.27. The van der Waals surface area contributed by atoms with Crippen molar-refractivity contribution in [3.8, 4) is 0 Å². The second kappa shape index (κ2) is 8.55. The molecule has 1 heteroatoms. The molecule has 0 bridgehead atoms. The van der Waals surface area contributed by atoms with E-state index in [0.717, 1.165) is 11.5 Å². The van der Waals surface area contributed by atoms with Crippen LogP contribution in [0.2, 0.25) is 0 Å². The van der Waals surface area contributed by atoms with Crippen molar-refractivity contribution in [1.29, 1.82) is 0 Å². The van der Waals surface area contributed by atoms with E-state index in [2.05, 4.69) is 58.0 Å². The van der Waals surface area contributed by atoms with Crippen molar-refractivity contribution in [3.05, 3.63) is 71.8 Å². The van der Waals surface area contributed by atoms with Gasteiger partial charge in [0, 0.05) is 0 Å². The zero-order valence-corrected chi connectivity index (χ0v) is 16.2. The number of halogens is 1. The lowest BCUT2D eigenvalue weighted by molar-refractivity contribution is 0.335. The van der Waals surface area contributed by atoms with E-state index in [0.29, 0.717) is 5.41 Å². The minimum Gasteiger partial charge on any atom is -0.115 e. The summed E-state index contributed by atoms with van der Waals surface area (Å²) in [4.78, 5) is -0.235. The Balaban J connectivity index is 0.000000238. The van der Waals surface area contributed by atoms with Gasteiger partial charge >= 0.3 is 0 Å². The molecular formula is C22H31Cl. The molecule has 0 fully saturated rings. The molecule has 0 N–H and O–H groups in total. The molecule has 0 aromatic heterocycles. The molecule has 1 unspecified atom stereocenters. The molecule has 0 aliphatic rings. The van der Waals surface area contributed by atoms with Crippen LogP contribution in [0.15, 0.2) is 60.7 Å². The van der Waals surface area contributed by atoms with E-state index in [4.69, 9.17) is 11.6 Å². The van der Waals surface area contributed by atoms with Gasteiger partial charge in [-0.3, -0.25) is 0 Å². The average Bonchev–Trinajstić information content (AvgIpc) is 2.55. The van der Waals surface area contributed by atoms with E-state index in [1.165, 1.54) is 12.0 Å². The van der Waals surface area contributed by atoms with Gasteiger partial charge in [0.05, 0.1) is 4.87 Å². The molecule has 2 aromatic rings. The highest BCUT2D eigenvalue weighted by Gasteiger charge is 2.25. The van der Waals surface area contributed by atoms with Crippen LogP contribution in [-0.2, 0) is 10.3 Å². The van der Waals surface area contributed by atoms with Crippen molar-refractivity contribution >= 4 is 11.6 Å². The third-order valence-corrected chi connectivity index (χ3v) is 5.04. The fraction of sp³-hybridized carbons (Fsp3) is 0.455. The van der Waals surface area contributed by atoms with Crippen LogP contribution in [0.3, 0.4) is 0 Å². The number of hydrogen-bond acceptors (Lipinski definition) is 0. The highest BCUT2D eigenvalue weighted by molar-refractivity contribution is 6.23. The second-order valence-corrected chi connectivity index (χ2v) is 8.18. The molecule has 0 saturated heterocycles. The summed E-state index contributed by atoms with van der Waals surface area (Å²) in [6, 6.07) is 20.8. The summed E-state index contributed by atoms with van der Waals surface area (Å²) < 4.78 is 0. The van der Waals surface area contributed by atoms with Crippen LogP contribution in [0.4, 0.5) is 0 Å². The standard InChI is InChI=1S/C13H20.C9H11Cl/c1-5-11(2)13(3,4)12-9-7-6-8-10-12;1-9(2,10)8-6-4-3-5-7-8/h6-11H,5H2,1-4H3;3-7H,1-2H3. The van der Waals surface area contributed by atoms with E-state index >= 15 is 0 Å². The molecule has 0 radical (unpaired) electrons. The lowest BCUT2D eigenvalue weighted by Gasteiger charge is -2.31. The molecule has 1 atom stereocenters. The Morgan fingerprint density at radius 2 is 1.17 bits per heavy atom. The van der Waals surface area contributed by atoms with Gasteiger partial charge in [0.2, 0.25) is 0 Å². The van der Waals surface area contributed by atoms with Crippen LogP contribution >= 0.6 is 11.6 Å². The van der Waals surface area contributed by atoms with Gasteiger partial charge in [-0.1, -0.05) is 94.8 Å². The Morgan fingerprint density at radius 3 is 1.48 bits per heavy atom. The predicted octanol–water partition coefficient (Wildman–Crippen LogP) is 7.17. The van der Waals surface area contributed by atoms with E-state index in [9.17, 15) is 0 Å². The molecule has 0 heterocycles. The molecule has 2 aromatic carbocycles. The first-order chi connectivity index (χ1) is 10.7. The Morgan fingerprint density at radius 1 is 0.783 bits per heavy atom. The molecule has 0 aliphatic carbocycles. The van der Waals surface area contributed by atoms with Crippen LogP contribution in [0.25, 0.3) is 0 Å². The maximum absolute atomic E-state index is 6.06. The first-order valence-corrected chi connectivity index (χ1v) is 8.87. The van der Waals surface area contributed by atoms with Crippen molar-refractivity contribution in [2.75, 3.05) is 0 Å². The van der Waals surface area contributed by atoms with Gasteiger partial charge in [-0.15, -0.1) is 11.6 Å². The largest absolute Gasteiger partial charge is 0.115 e. The molecule has 0 aliphatic heterocycles. The summed E-state index contributed by atoms with van der Waals surface area (Å²) in [5, 5.41) is 0. The van der Waals surface area contributed by atoms with Crippen LogP contribution in [0, 0.1) is 5.92 Å². The molecule has 0 nitrogen and oxygen atoms in total. The summed E-state index contributed by atoms with van der Waals surface area (Å²) in [7, 11) is 0. The van der Waals surface area contributed by atoms with Crippen molar-refractivity contribution in [2.24, 2.45) is 5.92 Å². The topological polar surface area (TPSA) is 0 Å². The molecular weight excluding hydrogens is 300 g/mol. The van der Waals surface area contributed by atoms with Crippen molar-refractivity contribution in [2.45, 2.75) is 58.3 Å². The smallest absolute Gasteiger partial charge is 0.0638 e. The van der Waals surface area contributed by atoms with Crippen molar-refractivity contribution in [3.63, 3.8) is 0 Å². The quantitative estimate of drug-likeness (QED) is 0.521. The predicted molar refractivity (Wildman–Crippen MR) is 104 cm³/mol. The Kier molecular flexibility index (Phi) is 7.35. The van der Waals surface area contributed by atoms with Gasteiger partial charge in [-0.25, -0.2) is 0 Å². The van der Waals surface area contributed by atoms with Gasteiger partial charge in [0.25, 0.3) is 0 Å². The van der Waals surface area contributed by atoms with E-state index in [-0.39, 0.29) is 4.87 Å². The summed E-state index contributed by atoms with van der Waals surface area (Å²) in [6.45, 7) is 13.2. The lowest BCUT2D eigenvalue weighted by atomic mass is 9.73. The van der Waals surface area contributed by atoms with Gasteiger partial charge in [0.1, 0.15) is 0 Å². The summed E-state index contributed by atoms with van der Waals surface area (Å²) in [6.07, 6.45) is 1.24. The maximum atomic E-state index is 6.06. The van der Waals surface area contributed by atoms with Crippen molar-refractivity contribution < 1.29 is 0 Å². The molecule has 0 saturated carbocycles. The maximum Gasteiger partial charge on any atom is 0.0638 e. The fourth-order valence-electron chi connectivity index (χ4n) is 2.50. The number of alkyl halides is 1. The second-order valence-electron chi connectivity index (χ2n) is 7.24. The number of rotatable bonds is 4. The fourth-order valence-corrected chi connectivity index (χ4v) is 2.62. The molecule has 0 spiro atoms. The molecule has 0 amide bonds. The summed E-state index contributed by atoms with van der Waals surface area (Å²) in [5.74, 6) is 0.731. The highest BCUT2D eigenvalue weighted by Crippen LogP contribution is 2.33. The third-order valence-electron chi connectivity index (χ3n) is 4.82. The zero-order chi connectivity index (χ0) is 17.5. The van der Waals surface area contributed by atoms with Crippen LogP contribution in [-0.4, -0.2) is 0 Å². The number of hydrogen-bond donors (Lipinski definition) is 0. The average molecular weight is 331 g/mol. The van der Waals surface area contributed by atoms with Gasteiger partial charge in [-0.2, -0.15) is 0 Å². The van der Waals surface area contributed by atoms with Crippen molar-refractivity contribution in [1.82, 2.24) is 0 Å². The SMILES string of the molecule is CC(C)(Cl)c1ccccc1.CCC(C)C(C)(C)c1ccccc1. The first kappa shape index (κ1) is 19.8. The molecule has 126 valence electrons.